The number of methoxy groups -OCH3 is 1. The second kappa shape index (κ2) is 10.5. The smallest absolute Gasteiger partial charge is 0.161 e. The summed E-state index contributed by atoms with van der Waals surface area (Å²) in [5, 5.41) is 3.38. The van der Waals surface area contributed by atoms with Gasteiger partial charge in [-0.05, 0) is 37.0 Å². The molecule has 0 saturated carbocycles. The molecule has 1 rings (SSSR count). The van der Waals surface area contributed by atoms with Gasteiger partial charge in [-0.3, -0.25) is 0 Å². The molecular weight excluding hydrogens is 266 g/mol. The minimum Gasteiger partial charge on any atom is -0.493 e. The van der Waals surface area contributed by atoms with E-state index in [9.17, 15) is 0 Å². The summed E-state index contributed by atoms with van der Waals surface area (Å²) in [4.78, 5) is 0. The molecule has 1 N–H and O–H groups in total. The molecule has 1 aromatic carbocycles. The summed E-state index contributed by atoms with van der Waals surface area (Å²) < 4.78 is 16.4. The van der Waals surface area contributed by atoms with Gasteiger partial charge < -0.3 is 19.5 Å². The van der Waals surface area contributed by atoms with E-state index >= 15 is 0 Å². The van der Waals surface area contributed by atoms with Gasteiger partial charge in [0.15, 0.2) is 11.5 Å². The van der Waals surface area contributed by atoms with Crippen molar-refractivity contribution < 1.29 is 14.2 Å². The lowest BCUT2D eigenvalue weighted by Gasteiger charge is -2.12. The quantitative estimate of drug-likeness (QED) is 0.636. The number of rotatable bonds is 11. The monoisotopic (exact) mass is 295 g/mol. The number of nitrogens with one attached hydrogen (secondary N) is 1. The molecule has 0 aliphatic carbocycles. The van der Waals surface area contributed by atoms with Gasteiger partial charge in [0, 0.05) is 19.7 Å². The molecule has 120 valence electrons. The fourth-order valence-electron chi connectivity index (χ4n) is 1.90. The summed E-state index contributed by atoms with van der Waals surface area (Å²) in [7, 11) is 1.66. The van der Waals surface area contributed by atoms with Crippen molar-refractivity contribution in [3.05, 3.63) is 23.8 Å². The highest BCUT2D eigenvalue weighted by Crippen LogP contribution is 2.27. The van der Waals surface area contributed by atoms with Gasteiger partial charge in [0.2, 0.25) is 0 Å². The van der Waals surface area contributed by atoms with E-state index in [1.54, 1.807) is 7.11 Å². The Labute approximate surface area is 128 Å². The zero-order valence-electron chi connectivity index (χ0n) is 13.8. The van der Waals surface area contributed by atoms with E-state index in [-0.39, 0.29) is 0 Å². The highest BCUT2D eigenvalue weighted by Gasteiger charge is 2.05. The Morgan fingerprint density at radius 1 is 1.14 bits per heavy atom. The molecule has 1 aromatic rings. The Bertz CT molecular complexity index is 394. The summed E-state index contributed by atoms with van der Waals surface area (Å²) >= 11 is 0. The molecule has 0 aliphatic rings. The largest absolute Gasteiger partial charge is 0.493 e. The van der Waals surface area contributed by atoms with Crippen molar-refractivity contribution in [3.8, 4) is 11.5 Å². The van der Waals surface area contributed by atoms with E-state index in [1.165, 1.54) is 5.56 Å². The van der Waals surface area contributed by atoms with Crippen molar-refractivity contribution in [1.29, 1.82) is 0 Å². The van der Waals surface area contributed by atoms with Crippen LogP contribution in [0.1, 0.15) is 32.8 Å². The van der Waals surface area contributed by atoms with Gasteiger partial charge in [0.25, 0.3) is 0 Å². The molecule has 0 aromatic heterocycles. The third-order valence-electron chi connectivity index (χ3n) is 3.12. The van der Waals surface area contributed by atoms with E-state index in [4.69, 9.17) is 14.2 Å². The van der Waals surface area contributed by atoms with Crippen molar-refractivity contribution in [1.82, 2.24) is 5.32 Å². The molecule has 0 radical (unpaired) electrons. The van der Waals surface area contributed by atoms with Gasteiger partial charge in [-0.15, -0.1) is 0 Å². The molecule has 0 amide bonds. The molecule has 0 bridgehead atoms. The predicted octanol–water partition coefficient (Wildman–Crippen LogP) is 3.25. The lowest BCUT2D eigenvalue weighted by molar-refractivity contribution is 0.125. The molecule has 0 aliphatic heterocycles. The normalized spacial score (nSPS) is 10.9. The Balaban J connectivity index is 2.27. The first kappa shape index (κ1) is 17.8. The van der Waals surface area contributed by atoms with E-state index in [0.717, 1.165) is 44.2 Å². The summed E-state index contributed by atoms with van der Waals surface area (Å²) in [6, 6.07) is 6.02. The van der Waals surface area contributed by atoms with Crippen molar-refractivity contribution in [3.63, 3.8) is 0 Å². The van der Waals surface area contributed by atoms with Gasteiger partial charge in [-0.25, -0.2) is 0 Å². The Kier molecular flexibility index (Phi) is 8.87. The van der Waals surface area contributed by atoms with E-state index < -0.39 is 0 Å². The maximum Gasteiger partial charge on any atom is 0.161 e. The van der Waals surface area contributed by atoms with Crippen LogP contribution in [0.25, 0.3) is 0 Å². The number of ether oxygens (including phenoxy) is 3. The lowest BCUT2D eigenvalue weighted by Crippen LogP contribution is -2.19. The van der Waals surface area contributed by atoms with Crippen LogP contribution in [-0.4, -0.2) is 33.5 Å². The second-order valence-corrected chi connectivity index (χ2v) is 5.39. The Morgan fingerprint density at radius 3 is 2.62 bits per heavy atom. The van der Waals surface area contributed by atoms with Crippen LogP contribution in [0.15, 0.2) is 18.2 Å². The average molecular weight is 295 g/mol. The third kappa shape index (κ3) is 7.34. The zero-order chi connectivity index (χ0) is 15.5. The van der Waals surface area contributed by atoms with Crippen LogP contribution in [0.4, 0.5) is 0 Å². The Morgan fingerprint density at radius 2 is 1.95 bits per heavy atom. The van der Waals surface area contributed by atoms with Crippen LogP contribution in [0.3, 0.4) is 0 Å². The van der Waals surface area contributed by atoms with E-state index in [1.807, 2.05) is 25.1 Å². The summed E-state index contributed by atoms with van der Waals surface area (Å²) in [5.74, 6) is 2.28. The standard InChI is InChI=1S/C17H29NO3/c1-5-21-17-12-15(6-7-16(17)19-4)13-18-9-11-20-10-8-14(2)3/h6-7,12,14,18H,5,8-11,13H2,1-4H3. The molecule has 4 nitrogen and oxygen atoms in total. The van der Waals surface area contributed by atoms with Crippen molar-refractivity contribution >= 4 is 0 Å². The van der Waals surface area contributed by atoms with Gasteiger partial charge in [0.05, 0.1) is 20.3 Å². The summed E-state index contributed by atoms with van der Waals surface area (Å²) in [6.07, 6.45) is 1.12. The molecule has 0 unspecified atom stereocenters. The predicted molar refractivity (Wildman–Crippen MR) is 86.1 cm³/mol. The minimum atomic E-state index is 0.636. The van der Waals surface area contributed by atoms with Crippen molar-refractivity contribution in [2.24, 2.45) is 5.92 Å². The summed E-state index contributed by atoms with van der Waals surface area (Å²) in [6.45, 7) is 10.3. The van der Waals surface area contributed by atoms with Crippen LogP contribution in [-0.2, 0) is 11.3 Å². The van der Waals surface area contributed by atoms with Crippen LogP contribution in [0.2, 0.25) is 0 Å². The van der Waals surface area contributed by atoms with Gasteiger partial charge in [0.1, 0.15) is 0 Å². The molecule has 4 heteroatoms. The fraction of sp³-hybridized carbons (Fsp3) is 0.647. The molecule has 21 heavy (non-hydrogen) atoms. The highest BCUT2D eigenvalue weighted by molar-refractivity contribution is 5.42. The SMILES string of the molecule is CCOc1cc(CNCCOCCC(C)C)ccc1OC. The van der Waals surface area contributed by atoms with Crippen LogP contribution >= 0.6 is 0 Å². The molecular formula is C17H29NO3. The van der Waals surface area contributed by atoms with E-state index in [0.29, 0.717) is 12.5 Å². The maximum atomic E-state index is 5.57. The molecule has 0 saturated heterocycles. The topological polar surface area (TPSA) is 39.7 Å². The van der Waals surface area contributed by atoms with Crippen LogP contribution in [0, 0.1) is 5.92 Å². The number of benzene rings is 1. The van der Waals surface area contributed by atoms with Gasteiger partial charge >= 0.3 is 0 Å². The van der Waals surface area contributed by atoms with Crippen LogP contribution < -0.4 is 14.8 Å². The third-order valence-corrected chi connectivity index (χ3v) is 3.12. The molecule has 0 atom stereocenters. The minimum absolute atomic E-state index is 0.636. The molecule has 0 spiro atoms. The van der Waals surface area contributed by atoms with Gasteiger partial charge in [-0.2, -0.15) is 0 Å². The van der Waals surface area contributed by atoms with Crippen molar-refractivity contribution in [2.75, 3.05) is 33.5 Å². The molecule has 0 fully saturated rings. The zero-order valence-corrected chi connectivity index (χ0v) is 13.8. The maximum absolute atomic E-state index is 5.57. The lowest BCUT2D eigenvalue weighted by atomic mass is 10.1. The first-order valence-corrected chi connectivity index (χ1v) is 7.75. The van der Waals surface area contributed by atoms with Crippen LogP contribution in [0.5, 0.6) is 11.5 Å². The fourth-order valence-corrected chi connectivity index (χ4v) is 1.90. The molecule has 0 heterocycles. The number of hydrogen-bond donors (Lipinski definition) is 1. The Hall–Kier alpha value is -1.26. The average Bonchev–Trinajstić information content (AvgIpc) is 2.46. The van der Waals surface area contributed by atoms with E-state index in [2.05, 4.69) is 19.2 Å². The first-order chi connectivity index (χ1) is 10.2. The summed E-state index contributed by atoms with van der Waals surface area (Å²) in [5.41, 5.74) is 1.18. The highest BCUT2D eigenvalue weighted by atomic mass is 16.5. The van der Waals surface area contributed by atoms with Gasteiger partial charge in [-0.1, -0.05) is 19.9 Å². The second-order valence-electron chi connectivity index (χ2n) is 5.39. The number of hydrogen-bond acceptors (Lipinski definition) is 4. The van der Waals surface area contributed by atoms with Crippen molar-refractivity contribution in [2.45, 2.75) is 33.7 Å². The first-order valence-electron chi connectivity index (χ1n) is 7.75.